The zero-order chi connectivity index (χ0) is 11.1. The molecule has 84 valence electrons. The van der Waals surface area contributed by atoms with Crippen LogP contribution in [0.2, 0.25) is 0 Å². The molecule has 15 heavy (non-hydrogen) atoms. The minimum Gasteiger partial charge on any atom is -0.396 e. The maximum atomic E-state index is 11.6. The van der Waals surface area contributed by atoms with Crippen molar-refractivity contribution in [3.05, 3.63) is 0 Å². The van der Waals surface area contributed by atoms with Gasteiger partial charge in [0.15, 0.2) is 0 Å². The molecule has 1 rings (SSSR count). The quantitative estimate of drug-likeness (QED) is 0.638. The smallest absolute Gasteiger partial charge is 0.222 e. The van der Waals surface area contributed by atoms with Gasteiger partial charge in [-0.25, -0.2) is 0 Å². The van der Waals surface area contributed by atoms with E-state index in [1.54, 1.807) is 0 Å². The summed E-state index contributed by atoms with van der Waals surface area (Å²) >= 11 is 0. The summed E-state index contributed by atoms with van der Waals surface area (Å²) < 4.78 is 0. The number of hydrogen-bond donors (Lipinski definition) is 1. The predicted octanol–water partition coefficient (Wildman–Crippen LogP) is -0.464. The number of nitrogens with zero attached hydrogens (tertiary/aromatic N) is 2. The SMILES string of the molecule is C#CCN1CCN(C(=O)CCCO)CC1. The van der Waals surface area contributed by atoms with Crippen molar-refractivity contribution in [2.75, 3.05) is 39.3 Å². The summed E-state index contributed by atoms with van der Waals surface area (Å²) in [5.41, 5.74) is 0. The number of terminal acetylenes is 1. The second-order valence-electron chi connectivity index (χ2n) is 3.69. The molecule has 1 heterocycles. The Balaban J connectivity index is 2.25. The maximum absolute atomic E-state index is 11.6. The highest BCUT2D eigenvalue weighted by molar-refractivity contribution is 5.76. The Morgan fingerprint density at radius 2 is 2.00 bits per heavy atom. The topological polar surface area (TPSA) is 43.8 Å². The number of aliphatic hydroxyl groups is 1. The molecule has 0 aromatic carbocycles. The first-order chi connectivity index (χ1) is 7.27. The normalized spacial score (nSPS) is 17.5. The van der Waals surface area contributed by atoms with Gasteiger partial charge in [-0.3, -0.25) is 9.69 Å². The van der Waals surface area contributed by atoms with Crippen LogP contribution in [0.4, 0.5) is 0 Å². The van der Waals surface area contributed by atoms with Gasteiger partial charge in [-0.2, -0.15) is 0 Å². The van der Waals surface area contributed by atoms with Gasteiger partial charge in [-0.15, -0.1) is 6.42 Å². The van der Waals surface area contributed by atoms with Gasteiger partial charge in [0, 0.05) is 39.2 Å². The van der Waals surface area contributed by atoms with Gasteiger partial charge in [0.25, 0.3) is 0 Å². The molecule has 0 bridgehead atoms. The lowest BCUT2D eigenvalue weighted by atomic mass is 10.2. The van der Waals surface area contributed by atoms with Crippen LogP contribution in [-0.4, -0.2) is 60.1 Å². The minimum absolute atomic E-state index is 0.0861. The fourth-order valence-electron chi connectivity index (χ4n) is 1.67. The standard InChI is InChI=1S/C11H18N2O2/c1-2-5-12-6-8-13(9-7-12)11(15)4-3-10-14/h1,14H,3-10H2. The van der Waals surface area contributed by atoms with Gasteiger partial charge in [0.2, 0.25) is 5.91 Å². The van der Waals surface area contributed by atoms with Crippen molar-refractivity contribution < 1.29 is 9.90 Å². The highest BCUT2D eigenvalue weighted by Crippen LogP contribution is 2.04. The molecule has 1 aliphatic heterocycles. The predicted molar refractivity (Wildman–Crippen MR) is 58.2 cm³/mol. The Labute approximate surface area is 90.9 Å². The van der Waals surface area contributed by atoms with Crippen molar-refractivity contribution in [2.24, 2.45) is 0 Å². The van der Waals surface area contributed by atoms with Crippen LogP contribution in [0.3, 0.4) is 0 Å². The second-order valence-corrected chi connectivity index (χ2v) is 3.69. The molecular weight excluding hydrogens is 192 g/mol. The van der Waals surface area contributed by atoms with Gasteiger partial charge in [0.1, 0.15) is 0 Å². The Bertz CT molecular complexity index is 239. The van der Waals surface area contributed by atoms with Crippen LogP contribution in [-0.2, 0) is 4.79 Å². The Morgan fingerprint density at radius 3 is 2.53 bits per heavy atom. The van der Waals surface area contributed by atoms with Crippen LogP contribution in [0.25, 0.3) is 0 Å². The number of amides is 1. The van der Waals surface area contributed by atoms with Gasteiger partial charge in [-0.1, -0.05) is 5.92 Å². The third kappa shape index (κ3) is 3.90. The van der Waals surface area contributed by atoms with E-state index in [0.717, 1.165) is 26.2 Å². The highest BCUT2D eigenvalue weighted by atomic mass is 16.3. The lowest BCUT2D eigenvalue weighted by molar-refractivity contribution is -0.133. The molecule has 0 aliphatic carbocycles. The van der Waals surface area contributed by atoms with E-state index in [-0.39, 0.29) is 12.5 Å². The Hall–Kier alpha value is -1.05. The molecule has 0 atom stereocenters. The average molecular weight is 210 g/mol. The molecule has 1 aliphatic rings. The molecular formula is C11H18N2O2. The molecule has 0 radical (unpaired) electrons. The monoisotopic (exact) mass is 210 g/mol. The van der Waals surface area contributed by atoms with E-state index in [1.165, 1.54) is 0 Å². The maximum Gasteiger partial charge on any atom is 0.222 e. The molecule has 0 aromatic rings. The molecule has 0 unspecified atom stereocenters. The van der Waals surface area contributed by atoms with Gasteiger partial charge in [0.05, 0.1) is 6.54 Å². The van der Waals surface area contributed by atoms with Crippen molar-refractivity contribution >= 4 is 5.91 Å². The van der Waals surface area contributed by atoms with E-state index in [9.17, 15) is 4.79 Å². The van der Waals surface area contributed by atoms with Crippen molar-refractivity contribution in [3.8, 4) is 12.3 Å². The van der Waals surface area contributed by atoms with E-state index < -0.39 is 0 Å². The van der Waals surface area contributed by atoms with Crippen LogP contribution in [0, 0.1) is 12.3 Å². The summed E-state index contributed by atoms with van der Waals surface area (Å²) in [5, 5.41) is 8.62. The average Bonchev–Trinajstić information content (AvgIpc) is 2.27. The van der Waals surface area contributed by atoms with Crippen molar-refractivity contribution in [2.45, 2.75) is 12.8 Å². The molecule has 0 spiro atoms. The number of rotatable bonds is 4. The van der Waals surface area contributed by atoms with Crippen LogP contribution in [0.5, 0.6) is 0 Å². The first-order valence-corrected chi connectivity index (χ1v) is 5.32. The van der Waals surface area contributed by atoms with E-state index >= 15 is 0 Å². The van der Waals surface area contributed by atoms with Gasteiger partial charge in [-0.05, 0) is 6.42 Å². The third-order valence-electron chi connectivity index (χ3n) is 2.59. The van der Waals surface area contributed by atoms with Crippen molar-refractivity contribution in [1.29, 1.82) is 0 Å². The van der Waals surface area contributed by atoms with Crippen LogP contribution in [0.15, 0.2) is 0 Å². The Kier molecular flexibility index (Phi) is 5.16. The van der Waals surface area contributed by atoms with Gasteiger partial charge < -0.3 is 10.0 Å². The minimum atomic E-state index is 0.0861. The van der Waals surface area contributed by atoms with E-state index in [0.29, 0.717) is 19.4 Å². The second kappa shape index (κ2) is 6.44. The van der Waals surface area contributed by atoms with Crippen LogP contribution >= 0.6 is 0 Å². The summed E-state index contributed by atoms with van der Waals surface area (Å²) in [7, 11) is 0. The molecule has 4 nitrogen and oxygen atoms in total. The van der Waals surface area contributed by atoms with E-state index in [4.69, 9.17) is 11.5 Å². The molecule has 1 saturated heterocycles. The summed E-state index contributed by atoms with van der Waals surface area (Å²) in [5.74, 6) is 2.75. The summed E-state index contributed by atoms with van der Waals surface area (Å²) in [6.45, 7) is 3.98. The fourth-order valence-corrected chi connectivity index (χ4v) is 1.67. The molecule has 1 N–H and O–H groups in total. The first-order valence-electron chi connectivity index (χ1n) is 5.32. The summed E-state index contributed by atoms with van der Waals surface area (Å²) in [4.78, 5) is 15.6. The summed E-state index contributed by atoms with van der Waals surface area (Å²) in [6, 6.07) is 0. The largest absolute Gasteiger partial charge is 0.396 e. The zero-order valence-electron chi connectivity index (χ0n) is 8.98. The number of carbonyl (C=O) groups excluding carboxylic acids is 1. The fraction of sp³-hybridized carbons (Fsp3) is 0.727. The Morgan fingerprint density at radius 1 is 1.33 bits per heavy atom. The number of aliphatic hydroxyl groups excluding tert-OH is 1. The molecule has 1 fully saturated rings. The van der Waals surface area contributed by atoms with Crippen molar-refractivity contribution in [3.63, 3.8) is 0 Å². The van der Waals surface area contributed by atoms with Crippen molar-refractivity contribution in [1.82, 2.24) is 9.80 Å². The number of carbonyl (C=O) groups is 1. The van der Waals surface area contributed by atoms with E-state index in [2.05, 4.69) is 10.8 Å². The van der Waals surface area contributed by atoms with E-state index in [1.807, 2.05) is 4.90 Å². The summed E-state index contributed by atoms with van der Waals surface area (Å²) in [6.07, 6.45) is 6.23. The lowest BCUT2D eigenvalue weighted by Gasteiger charge is -2.33. The first kappa shape index (κ1) is 12.0. The lowest BCUT2D eigenvalue weighted by Crippen LogP contribution is -2.48. The van der Waals surface area contributed by atoms with Crippen LogP contribution < -0.4 is 0 Å². The molecule has 0 saturated carbocycles. The zero-order valence-corrected chi connectivity index (χ0v) is 8.98. The highest BCUT2D eigenvalue weighted by Gasteiger charge is 2.19. The third-order valence-corrected chi connectivity index (χ3v) is 2.59. The number of hydrogen-bond acceptors (Lipinski definition) is 3. The van der Waals surface area contributed by atoms with Crippen LogP contribution in [0.1, 0.15) is 12.8 Å². The number of piperazine rings is 1. The molecule has 1 amide bonds. The molecule has 4 heteroatoms. The molecule has 0 aromatic heterocycles. The van der Waals surface area contributed by atoms with Gasteiger partial charge >= 0.3 is 0 Å².